The molecule has 1 fully saturated rings. The molecule has 0 saturated carbocycles. The van der Waals surface area contributed by atoms with Crippen molar-refractivity contribution in [2.45, 2.75) is 34.1 Å². The second-order valence-electron chi connectivity index (χ2n) is 6.78. The average Bonchev–Trinajstić information content (AvgIpc) is 3.11. The molecule has 6 nitrogen and oxygen atoms in total. The van der Waals surface area contributed by atoms with Gasteiger partial charge in [0.2, 0.25) is 0 Å². The molecule has 0 spiro atoms. The number of anilines is 2. The number of carbonyl (C=O) groups excluding carboxylic acids is 1. The molecule has 0 unspecified atom stereocenters. The van der Waals surface area contributed by atoms with Gasteiger partial charge in [-0.05, 0) is 38.8 Å². The van der Waals surface area contributed by atoms with Crippen LogP contribution in [0.5, 0.6) is 11.5 Å². The Balaban J connectivity index is 1.93. The van der Waals surface area contributed by atoms with Crippen molar-refractivity contribution in [3.05, 3.63) is 33.5 Å². The van der Waals surface area contributed by atoms with E-state index in [2.05, 4.69) is 24.1 Å². The first-order valence-electron chi connectivity index (χ1n) is 10.2. The molecule has 1 N–H and O–H groups in total. The van der Waals surface area contributed by atoms with Crippen molar-refractivity contribution in [3.8, 4) is 11.5 Å². The lowest BCUT2D eigenvalue weighted by Crippen LogP contribution is -2.36. The number of rotatable bonds is 8. The van der Waals surface area contributed by atoms with Crippen LogP contribution in [0.3, 0.4) is 0 Å². The first-order chi connectivity index (χ1) is 14.1. The van der Waals surface area contributed by atoms with Gasteiger partial charge in [0, 0.05) is 30.1 Å². The lowest BCUT2D eigenvalue weighted by atomic mass is 10.2. The van der Waals surface area contributed by atoms with Crippen LogP contribution in [-0.4, -0.2) is 45.4 Å². The minimum Gasteiger partial charge on any atom is -0.492 e. The molecule has 0 radical (unpaired) electrons. The smallest absolute Gasteiger partial charge is 0.265 e. The summed E-state index contributed by atoms with van der Waals surface area (Å²) in [5.41, 5.74) is 2.81. The van der Waals surface area contributed by atoms with Crippen LogP contribution in [-0.2, 0) is 11.2 Å². The van der Waals surface area contributed by atoms with Gasteiger partial charge < -0.3 is 24.4 Å². The first kappa shape index (κ1) is 21.5. The number of nitrogens with zero attached hydrogens (tertiary/aromatic N) is 1. The third kappa shape index (κ3) is 5.03. The van der Waals surface area contributed by atoms with Gasteiger partial charge in [0.05, 0.1) is 42.7 Å². The van der Waals surface area contributed by atoms with E-state index in [1.165, 1.54) is 21.8 Å². The Morgan fingerprint density at radius 1 is 1.10 bits per heavy atom. The summed E-state index contributed by atoms with van der Waals surface area (Å²) in [7, 11) is 0. The van der Waals surface area contributed by atoms with Crippen LogP contribution in [0.25, 0.3) is 0 Å². The maximum atomic E-state index is 12.9. The quantitative estimate of drug-likeness (QED) is 0.684. The van der Waals surface area contributed by atoms with Gasteiger partial charge in [-0.3, -0.25) is 4.79 Å². The number of hydrogen-bond acceptors (Lipinski definition) is 6. The van der Waals surface area contributed by atoms with Crippen LogP contribution in [0, 0.1) is 6.92 Å². The maximum Gasteiger partial charge on any atom is 0.265 e. The third-order valence-electron chi connectivity index (χ3n) is 4.89. The van der Waals surface area contributed by atoms with Crippen molar-refractivity contribution in [1.82, 2.24) is 0 Å². The van der Waals surface area contributed by atoms with Crippen molar-refractivity contribution in [2.75, 3.05) is 49.7 Å². The Kier molecular flexibility index (Phi) is 7.39. The Labute approximate surface area is 176 Å². The second kappa shape index (κ2) is 9.98. The van der Waals surface area contributed by atoms with Gasteiger partial charge in [0.1, 0.15) is 11.5 Å². The van der Waals surface area contributed by atoms with Crippen molar-refractivity contribution in [2.24, 2.45) is 0 Å². The Hall–Kier alpha value is -2.25. The molecule has 1 aromatic carbocycles. The molecule has 7 heteroatoms. The molecule has 3 rings (SSSR count). The highest BCUT2D eigenvalue weighted by atomic mass is 32.1. The molecular formula is C22H30N2O4S. The van der Waals surface area contributed by atoms with E-state index in [0.717, 1.165) is 30.9 Å². The van der Waals surface area contributed by atoms with E-state index >= 15 is 0 Å². The zero-order valence-corrected chi connectivity index (χ0v) is 18.5. The van der Waals surface area contributed by atoms with Crippen LogP contribution in [0.15, 0.2) is 18.2 Å². The molecule has 0 aliphatic carbocycles. The lowest BCUT2D eigenvalue weighted by Gasteiger charge is -2.31. The zero-order chi connectivity index (χ0) is 20.8. The highest BCUT2D eigenvalue weighted by Gasteiger charge is 2.21. The minimum atomic E-state index is -0.125. The van der Waals surface area contributed by atoms with E-state index in [1.54, 1.807) is 0 Å². The SMILES string of the molecule is CCOc1cc(N2CCOCC2)c(OCC)cc1NC(=O)c1cc(CC)c(C)s1. The number of aryl methyl sites for hydroxylation is 2. The van der Waals surface area contributed by atoms with Gasteiger partial charge in [-0.25, -0.2) is 0 Å². The molecule has 0 bridgehead atoms. The van der Waals surface area contributed by atoms with E-state index in [0.29, 0.717) is 42.7 Å². The number of hydrogen-bond donors (Lipinski definition) is 1. The molecule has 2 heterocycles. The van der Waals surface area contributed by atoms with Crippen LogP contribution in [0.4, 0.5) is 11.4 Å². The van der Waals surface area contributed by atoms with Crippen molar-refractivity contribution >= 4 is 28.6 Å². The fraction of sp³-hybridized carbons (Fsp3) is 0.500. The van der Waals surface area contributed by atoms with Gasteiger partial charge in [-0.15, -0.1) is 11.3 Å². The summed E-state index contributed by atoms with van der Waals surface area (Å²) in [6, 6.07) is 5.81. The molecule has 1 saturated heterocycles. The summed E-state index contributed by atoms with van der Waals surface area (Å²) in [6.07, 6.45) is 0.919. The van der Waals surface area contributed by atoms with E-state index in [9.17, 15) is 4.79 Å². The fourth-order valence-electron chi connectivity index (χ4n) is 3.41. The highest BCUT2D eigenvalue weighted by molar-refractivity contribution is 7.14. The van der Waals surface area contributed by atoms with E-state index in [1.807, 2.05) is 32.0 Å². The molecule has 158 valence electrons. The predicted molar refractivity (Wildman–Crippen MR) is 118 cm³/mol. The van der Waals surface area contributed by atoms with Crippen LogP contribution in [0.2, 0.25) is 0 Å². The number of carbonyl (C=O) groups is 1. The Morgan fingerprint density at radius 3 is 2.41 bits per heavy atom. The summed E-state index contributed by atoms with van der Waals surface area (Å²) in [5, 5.41) is 3.03. The van der Waals surface area contributed by atoms with Gasteiger partial charge >= 0.3 is 0 Å². The van der Waals surface area contributed by atoms with Gasteiger partial charge in [0.15, 0.2) is 0 Å². The fourth-order valence-corrected chi connectivity index (χ4v) is 4.42. The van der Waals surface area contributed by atoms with Gasteiger partial charge in [-0.1, -0.05) is 6.92 Å². The first-order valence-corrected chi connectivity index (χ1v) is 11.1. The highest BCUT2D eigenvalue weighted by Crippen LogP contribution is 2.39. The number of nitrogens with one attached hydrogen (secondary N) is 1. The van der Waals surface area contributed by atoms with Crippen molar-refractivity contribution in [1.29, 1.82) is 0 Å². The normalized spacial score (nSPS) is 14.0. The number of morpholine rings is 1. The standard InChI is InChI=1S/C22H30N2O4S/c1-5-16-12-21(29-15(16)4)22(25)23-17-13-20(28-7-3)18(14-19(17)27-6-2)24-8-10-26-11-9-24/h12-14H,5-11H2,1-4H3,(H,23,25). The summed E-state index contributed by atoms with van der Waals surface area (Å²) >= 11 is 1.52. The van der Waals surface area contributed by atoms with E-state index < -0.39 is 0 Å². The summed E-state index contributed by atoms with van der Waals surface area (Å²) in [5.74, 6) is 1.26. The van der Waals surface area contributed by atoms with Crippen LogP contribution in [0.1, 0.15) is 40.9 Å². The third-order valence-corrected chi connectivity index (χ3v) is 5.98. The minimum absolute atomic E-state index is 0.125. The number of thiophene rings is 1. The molecular weight excluding hydrogens is 388 g/mol. The maximum absolute atomic E-state index is 12.9. The molecule has 1 aromatic heterocycles. The number of benzene rings is 1. The molecule has 2 aromatic rings. The Bertz CT molecular complexity index is 844. The van der Waals surface area contributed by atoms with E-state index in [-0.39, 0.29) is 5.91 Å². The molecule has 1 aliphatic heterocycles. The Morgan fingerprint density at radius 2 is 1.79 bits per heavy atom. The number of amides is 1. The van der Waals surface area contributed by atoms with E-state index in [4.69, 9.17) is 14.2 Å². The van der Waals surface area contributed by atoms with Gasteiger partial charge in [0.25, 0.3) is 5.91 Å². The molecule has 29 heavy (non-hydrogen) atoms. The second-order valence-corrected chi connectivity index (χ2v) is 8.04. The molecule has 0 atom stereocenters. The lowest BCUT2D eigenvalue weighted by molar-refractivity contribution is 0.103. The number of ether oxygens (including phenoxy) is 3. The van der Waals surface area contributed by atoms with Crippen LogP contribution >= 0.6 is 11.3 Å². The summed E-state index contributed by atoms with van der Waals surface area (Å²) in [6.45, 7) is 12.1. The monoisotopic (exact) mass is 418 g/mol. The zero-order valence-electron chi connectivity index (χ0n) is 17.7. The van der Waals surface area contributed by atoms with Crippen molar-refractivity contribution < 1.29 is 19.0 Å². The predicted octanol–water partition coefficient (Wildman–Crippen LogP) is 4.51. The topological polar surface area (TPSA) is 60.0 Å². The summed E-state index contributed by atoms with van der Waals surface area (Å²) < 4.78 is 17.2. The van der Waals surface area contributed by atoms with Gasteiger partial charge in [-0.2, -0.15) is 0 Å². The van der Waals surface area contributed by atoms with Crippen molar-refractivity contribution in [3.63, 3.8) is 0 Å². The largest absolute Gasteiger partial charge is 0.492 e. The molecule has 1 amide bonds. The average molecular weight is 419 g/mol. The van der Waals surface area contributed by atoms with Crippen LogP contribution < -0.4 is 19.7 Å². The summed E-state index contributed by atoms with van der Waals surface area (Å²) in [4.78, 5) is 17.0. The molecule has 1 aliphatic rings.